The van der Waals surface area contributed by atoms with Crippen molar-refractivity contribution in [1.29, 1.82) is 0 Å². The Morgan fingerprint density at radius 3 is 2.63 bits per heavy atom. The van der Waals surface area contributed by atoms with E-state index in [2.05, 4.69) is 10.3 Å². The Kier molecular flexibility index (Phi) is 5.14. The Morgan fingerprint density at radius 2 is 1.93 bits per heavy atom. The van der Waals surface area contributed by atoms with E-state index in [4.69, 9.17) is 11.6 Å². The summed E-state index contributed by atoms with van der Waals surface area (Å²) in [5.41, 5.74) is 0.579. The van der Waals surface area contributed by atoms with Crippen LogP contribution >= 0.6 is 11.6 Å². The molecule has 0 saturated carbocycles. The molecule has 3 aromatic rings. The molecular formula is C19H16ClF2N3O2. The van der Waals surface area contributed by atoms with E-state index in [1.165, 1.54) is 41.4 Å². The maximum atomic E-state index is 13.7. The number of urea groups is 1. The van der Waals surface area contributed by atoms with E-state index < -0.39 is 23.7 Å². The summed E-state index contributed by atoms with van der Waals surface area (Å²) in [6, 6.07) is 6.77. The first-order valence-electron chi connectivity index (χ1n) is 8.07. The molecule has 2 aromatic carbocycles. The van der Waals surface area contributed by atoms with Crippen LogP contribution in [0.1, 0.15) is 18.5 Å². The van der Waals surface area contributed by atoms with Crippen LogP contribution in [0.25, 0.3) is 10.8 Å². The Labute approximate surface area is 158 Å². The largest absolute Gasteiger partial charge is 0.328 e. The van der Waals surface area contributed by atoms with Crippen LogP contribution in [-0.4, -0.2) is 23.0 Å². The fourth-order valence-electron chi connectivity index (χ4n) is 2.77. The average Bonchev–Trinajstić information content (AvgIpc) is 2.63. The van der Waals surface area contributed by atoms with Crippen molar-refractivity contribution in [3.05, 3.63) is 75.2 Å². The smallest absolute Gasteiger partial charge is 0.322 e. The lowest BCUT2D eigenvalue weighted by Gasteiger charge is -2.26. The number of nitrogens with one attached hydrogen (secondary N) is 2. The van der Waals surface area contributed by atoms with Gasteiger partial charge in [0.15, 0.2) is 0 Å². The van der Waals surface area contributed by atoms with Gasteiger partial charge in [0, 0.05) is 24.3 Å². The highest BCUT2D eigenvalue weighted by atomic mass is 35.5. The van der Waals surface area contributed by atoms with Crippen molar-refractivity contribution in [3.8, 4) is 0 Å². The molecule has 1 aromatic heterocycles. The number of benzene rings is 2. The summed E-state index contributed by atoms with van der Waals surface area (Å²) in [5.74, 6) is -1.06. The van der Waals surface area contributed by atoms with Crippen LogP contribution in [0.2, 0.25) is 5.02 Å². The lowest BCUT2D eigenvalue weighted by Crippen LogP contribution is -2.34. The van der Waals surface area contributed by atoms with Crippen molar-refractivity contribution in [2.75, 3.05) is 12.4 Å². The number of H-pyrrole nitrogens is 1. The van der Waals surface area contributed by atoms with Crippen molar-refractivity contribution in [1.82, 2.24) is 9.88 Å². The van der Waals surface area contributed by atoms with Crippen LogP contribution in [0.3, 0.4) is 0 Å². The van der Waals surface area contributed by atoms with Gasteiger partial charge in [0.1, 0.15) is 11.6 Å². The monoisotopic (exact) mass is 391 g/mol. The van der Waals surface area contributed by atoms with Gasteiger partial charge in [-0.15, -0.1) is 0 Å². The topological polar surface area (TPSA) is 65.2 Å². The Morgan fingerprint density at radius 1 is 1.19 bits per heavy atom. The first kappa shape index (κ1) is 18.8. The predicted octanol–water partition coefficient (Wildman–Crippen LogP) is 4.68. The third-order valence-electron chi connectivity index (χ3n) is 4.42. The van der Waals surface area contributed by atoms with Crippen molar-refractivity contribution >= 4 is 34.1 Å². The minimum atomic E-state index is -0.585. The molecule has 5 nitrogen and oxygen atoms in total. The molecule has 3 rings (SSSR count). The van der Waals surface area contributed by atoms with Crippen molar-refractivity contribution in [2.45, 2.75) is 13.0 Å². The zero-order valence-electron chi connectivity index (χ0n) is 14.5. The molecule has 2 amide bonds. The maximum Gasteiger partial charge on any atom is 0.322 e. The minimum absolute atomic E-state index is 0.106. The molecular weight excluding hydrogens is 376 g/mol. The highest BCUT2D eigenvalue weighted by Crippen LogP contribution is 2.27. The van der Waals surface area contributed by atoms with Gasteiger partial charge in [-0.25, -0.2) is 13.6 Å². The lowest BCUT2D eigenvalue weighted by atomic mass is 10.0. The summed E-state index contributed by atoms with van der Waals surface area (Å²) in [7, 11) is 1.56. The number of hydrogen-bond acceptors (Lipinski definition) is 2. The van der Waals surface area contributed by atoms with Gasteiger partial charge in [-0.3, -0.25) is 4.79 Å². The number of aromatic nitrogens is 1. The van der Waals surface area contributed by atoms with E-state index in [1.807, 2.05) is 0 Å². The summed E-state index contributed by atoms with van der Waals surface area (Å²) in [5, 5.41) is 3.27. The van der Waals surface area contributed by atoms with Gasteiger partial charge in [-0.1, -0.05) is 11.6 Å². The number of fused-ring (bicyclic) bond motifs is 1. The normalized spacial score (nSPS) is 12.0. The van der Waals surface area contributed by atoms with Crippen molar-refractivity contribution in [3.63, 3.8) is 0 Å². The number of carbonyl (C=O) groups is 1. The third-order valence-corrected chi connectivity index (χ3v) is 4.71. The number of pyridine rings is 1. The second-order valence-corrected chi connectivity index (χ2v) is 6.52. The van der Waals surface area contributed by atoms with Gasteiger partial charge in [-0.2, -0.15) is 0 Å². The van der Waals surface area contributed by atoms with Crippen molar-refractivity contribution < 1.29 is 13.6 Å². The van der Waals surface area contributed by atoms with Crippen LogP contribution < -0.4 is 10.9 Å². The number of rotatable bonds is 3. The molecule has 140 valence electrons. The molecule has 1 heterocycles. The molecule has 0 fully saturated rings. The van der Waals surface area contributed by atoms with Crippen LogP contribution in [-0.2, 0) is 0 Å². The first-order valence-corrected chi connectivity index (χ1v) is 8.45. The third kappa shape index (κ3) is 3.78. The van der Waals surface area contributed by atoms with E-state index in [1.54, 1.807) is 14.0 Å². The summed E-state index contributed by atoms with van der Waals surface area (Å²) >= 11 is 5.72. The Balaban J connectivity index is 1.89. The molecule has 0 aliphatic rings. The van der Waals surface area contributed by atoms with Crippen LogP contribution in [0.5, 0.6) is 0 Å². The van der Waals surface area contributed by atoms with E-state index in [-0.39, 0.29) is 10.6 Å². The highest BCUT2D eigenvalue weighted by Gasteiger charge is 2.21. The van der Waals surface area contributed by atoms with Gasteiger partial charge < -0.3 is 15.2 Å². The number of anilines is 1. The second kappa shape index (κ2) is 7.36. The Hall–Kier alpha value is -2.93. The molecule has 0 aliphatic heterocycles. The zero-order chi connectivity index (χ0) is 19.7. The molecule has 0 aliphatic carbocycles. The van der Waals surface area contributed by atoms with Crippen LogP contribution in [0.15, 0.2) is 47.4 Å². The quantitative estimate of drug-likeness (QED) is 0.680. The molecule has 27 heavy (non-hydrogen) atoms. The van der Waals surface area contributed by atoms with Gasteiger partial charge >= 0.3 is 6.03 Å². The molecule has 8 heteroatoms. The van der Waals surface area contributed by atoms with E-state index in [9.17, 15) is 18.4 Å². The van der Waals surface area contributed by atoms with E-state index in [0.717, 1.165) is 6.07 Å². The standard InChI is InChI=1S/C19H16ClF2N3O2/c1-10(15-9-23-18(26)13-5-3-11(21)7-14(13)15)25(2)19(27)24-12-4-6-17(22)16(20)8-12/h3-10H,1-2H3,(H,23,26)(H,24,27). The fourth-order valence-corrected chi connectivity index (χ4v) is 2.95. The number of hydrogen-bond donors (Lipinski definition) is 2. The fraction of sp³-hybridized carbons (Fsp3) is 0.158. The highest BCUT2D eigenvalue weighted by molar-refractivity contribution is 6.31. The summed E-state index contributed by atoms with van der Waals surface area (Å²) in [6.45, 7) is 1.75. The number of carbonyl (C=O) groups excluding carboxylic acids is 1. The molecule has 0 radical (unpaired) electrons. The molecule has 0 saturated heterocycles. The maximum absolute atomic E-state index is 13.7. The lowest BCUT2D eigenvalue weighted by molar-refractivity contribution is 0.208. The zero-order valence-corrected chi connectivity index (χ0v) is 15.3. The number of amides is 2. The number of nitrogens with zero attached hydrogens (tertiary/aromatic N) is 1. The van der Waals surface area contributed by atoms with Gasteiger partial charge in [0.25, 0.3) is 5.56 Å². The predicted molar refractivity (Wildman–Crippen MR) is 101 cm³/mol. The molecule has 0 spiro atoms. The first-order chi connectivity index (χ1) is 12.8. The van der Waals surface area contributed by atoms with Gasteiger partial charge in [0.2, 0.25) is 0 Å². The molecule has 0 bridgehead atoms. The number of halogens is 3. The van der Waals surface area contributed by atoms with Gasteiger partial charge in [0.05, 0.1) is 11.1 Å². The molecule has 1 atom stereocenters. The van der Waals surface area contributed by atoms with Gasteiger partial charge in [-0.05, 0) is 54.3 Å². The van der Waals surface area contributed by atoms with Crippen LogP contribution in [0, 0.1) is 11.6 Å². The summed E-state index contributed by atoms with van der Waals surface area (Å²) in [6.07, 6.45) is 1.47. The SMILES string of the molecule is CC(c1c[nH]c(=O)c2ccc(F)cc12)N(C)C(=O)Nc1ccc(F)c(Cl)c1. The molecule has 1 unspecified atom stereocenters. The Bertz CT molecular complexity index is 1080. The van der Waals surface area contributed by atoms with Crippen molar-refractivity contribution in [2.24, 2.45) is 0 Å². The summed E-state index contributed by atoms with van der Waals surface area (Å²) in [4.78, 5) is 28.5. The van der Waals surface area contributed by atoms with Crippen LogP contribution in [0.4, 0.5) is 19.3 Å². The second-order valence-electron chi connectivity index (χ2n) is 6.11. The van der Waals surface area contributed by atoms with E-state index >= 15 is 0 Å². The minimum Gasteiger partial charge on any atom is -0.328 e. The average molecular weight is 392 g/mol. The molecule has 2 N–H and O–H groups in total. The van der Waals surface area contributed by atoms with E-state index in [0.29, 0.717) is 22.0 Å². The summed E-state index contributed by atoms with van der Waals surface area (Å²) < 4.78 is 26.9. The number of aromatic amines is 1.